The maximum Gasteiger partial charge on any atom is 1.00 e. The third-order valence-electron chi connectivity index (χ3n) is 3.09. The molecular formula is C9H10IN2Na3O12P2. The van der Waals surface area contributed by atoms with Gasteiger partial charge in [-0.1, -0.05) is 0 Å². The number of phosphoric acid groups is 2. The van der Waals surface area contributed by atoms with Crippen molar-refractivity contribution in [3.05, 3.63) is 20.3 Å². The molecule has 0 saturated carbocycles. The minimum atomic E-state index is -5.83. The van der Waals surface area contributed by atoms with Gasteiger partial charge in [-0.3, -0.25) is 13.4 Å². The van der Waals surface area contributed by atoms with E-state index < -0.39 is 58.4 Å². The molecule has 5 atom stereocenters. The van der Waals surface area contributed by atoms with Gasteiger partial charge in [0.15, 0.2) is 6.23 Å². The van der Waals surface area contributed by atoms with Crippen LogP contribution < -0.4 is 109 Å². The molecule has 1 saturated heterocycles. The van der Waals surface area contributed by atoms with E-state index in [2.05, 4.69) is 13.8 Å². The summed E-state index contributed by atoms with van der Waals surface area (Å²) in [5.41, 5.74) is -1.08. The number of nitrogens with zero attached hydrogens (tertiary/aromatic N) is 2. The molecule has 0 bridgehead atoms. The molecular weight excluding hydrogens is 586 g/mol. The molecule has 1 aromatic rings. The second kappa shape index (κ2) is 13.4. The molecule has 29 heavy (non-hydrogen) atoms. The summed E-state index contributed by atoms with van der Waals surface area (Å²) in [5.74, 6) is -0.808. The van der Waals surface area contributed by atoms with Crippen molar-refractivity contribution in [1.82, 2.24) is 9.55 Å². The standard InChI is InChI=1S/C9H13IN2O12P2.3Na/c10-3-1-12(9(16)11-7(3)15)8-6(14)5(13)4(23-8)2-22-26(20,21)24-25(17,18)19;;;/h1,4-6,8,13-14H,2H2,(H,20,21)(H,11,15,16)(H2,17,18,19);;;/q;3*+1/p-3. The van der Waals surface area contributed by atoms with Crippen LogP contribution in [0.15, 0.2) is 11.0 Å². The van der Waals surface area contributed by atoms with Crippen molar-refractivity contribution in [2.45, 2.75) is 24.5 Å². The van der Waals surface area contributed by atoms with Crippen molar-refractivity contribution >= 4 is 38.2 Å². The largest absolute Gasteiger partial charge is 1.00 e. The second-order valence-corrected chi connectivity index (χ2v) is 8.83. The molecule has 0 amide bonds. The molecule has 5 unspecified atom stereocenters. The Kier molecular flexibility index (Phi) is 15.6. The van der Waals surface area contributed by atoms with Gasteiger partial charge >= 0.3 is 102 Å². The van der Waals surface area contributed by atoms with Crippen LogP contribution in [0.2, 0.25) is 0 Å². The zero-order valence-electron chi connectivity index (χ0n) is 15.3. The van der Waals surface area contributed by atoms with Crippen molar-refractivity contribution < 1.29 is 141 Å². The summed E-state index contributed by atoms with van der Waals surface area (Å²) in [5, 5.41) is 31.2. The van der Waals surface area contributed by atoms with E-state index in [1.807, 2.05) is 0 Å². The Labute approximate surface area is 243 Å². The van der Waals surface area contributed by atoms with Gasteiger partial charge in [0, 0.05) is 15.6 Å². The van der Waals surface area contributed by atoms with E-state index >= 15 is 0 Å². The zero-order valence-corrected chi connectivity index (χ0v) is 25.2. The number of halogens is 1. The minimum absolute atomic E-state index is 0. The summed E-state index contributed by atoms with van der Waals surface area (Å²) in [6, 6.07) is 0. The summed E-state index contributed by atoms with van der Waals surface area (Å²) < 4.78 is 35.1. The molecule has 3 N–H and O–H groups in total. The average molecular weight is 596 g/mol. The first-order chi connectivity index (χ1) is 11.8. The van der Waals surface area contributed by atoms with E-state index in [1.165, 1.54) is 0 Å². The molecule has 1 aliphatic heterocycles. The van der Waals surface area contributed by atoms with Crippen LogP contribution in [-0.2, 0) is 22.7 Å². The Morgan fingerprint density at radius 2 is 1.79 bits per heavy atom. The summed E-state index contributed by atoms with van der Waals surface area (Å²) >= 11 is 1.58. The normalized spacial score (nSPS) is 25.9. The van der Waals surface area contributed by atoms with Crippen LogP contribution in [0.5, 0.6) is 5.88 Å². The van der Waals surface area contributed by atoms with Gasteiger partial charge in [-0.25, -0.2) is 14.3 Å². The average Bonchev–Trinajstić information content (AvgIpc) is 2.75. The van der Waals surface area contributed by atoms with Crippen LogP contribution in [0.4, 0.5) is 0 Å². The molecule has 0 aromatic carbocycles. The Bertz CT molecular complexity index is 839. The van der Waals surface area contributed by atoms with Gasteiger partial charge in [-0.2, -0.15) is 0 Å². The zero-order chi connectivity index (χ0) is 19.9. The minimum Gasteiger partial charge on any atom is -0.858 e. The second-order valence-electron chi connectivity index (χ2n) is 4.92. The van der Waals surface area contributed by atoms with Gasteiger partial charge in [0.25, 0.3) is 0 Å². The maximum absolute atomic E-state index is 11.8. The van der Waals surface area contributed by atoms with Crippen LogP contribution in [-0.4, -0.2) is 49.6 Å². The number of hydrogen-bond donors (Lipinski definition) is 3. The molecule has 14 nitrogen and oxygen atoms in total. The number of hydrogen-bond acceptors (Lipinski definition) is 12. The van der Waals surface area contributed by atoms with Crippen molar-refractivity contribution in [3.63, 3.8) is 0 Å². The SMILES string of the molecule is O=c1nc([O-])c(I)cn1C1OC(COP(=O)(O)OP(=O)([O-])[O-])C(O)C1O.[Na+].[Na+].[Na+]. The molecule has 0 radical (unpaired) electrons. The summed E-state index contributed by atoms with van der Waals surface area (Å²) in [4.78, 5) is 44.7. The molecule has 20 heteroatoms. The van der Waals surface area contributed by atoms with E-state index in [9.17, 15) is 39.0 Å². The molecule has 0 spiro atoms. The maximum atomic E-state index is 11.8. The van der Waals surface area contributed by atoms with Gasteiger partial charge in [-0.05, 0) is 22.6 Å². The first-order valence-electron chi connectivity index (χ1n) is 6.49. The fourth-order valence-electron chi connectivity index (χ4n) is 2.03. The summed E-state index contributed by atoms with van der Waals surface area (Å²) in [6.07, 6.45) is -5.46. The quantitative estimate of drug-likeness (QED) is 0.158. The van der Waals surface area contributed by atoms with Crippen LogP contribution in [0.25, 0.3) is 0 Å². The third-order valence-corrected chi connectivity index (χ3v) is 5.93. The van der Waals surface area contributed by atoms with E-state index in [1.54, 1.807) is 22.6 Å². The summed E-state index contributed by atoms with van der Waals surface area (Å²) in [6.45, 7) is -0.971. The van der Waals surface area contributed by atoms with Crippen molar-refractivity contribution in [3.8, 4) is 5.88 Å². The molecule has 1 aromatic heterocycles. The number of rotatable bonds is 6. The Hall–Kier alpha value is 2.55. The van der Waals surface area contributed by atoms with Gasteiger partial charge < -0.3 is 39.3 Å². The van der Waals surface area contributed by atoms with Gasteiger partial charge in [0.05, 0.1) is 14.4 Å². The Morgan fingerprint density at radius 1 is 1.24 bits per heavy atom. The van der Waals surface area contributed by atoms with Crippen LogP contribution >= 0.6 is 38.2 Å². The van der Waals surface area contributed by atoms with Gasteiger partial charge in [0.2, 0.25) is 0 Å². The van der Waals surface area contributed by atoms with Crippen molar-refractivity contribution in [2.75, 3.05) is 6.61 Å². The van der Waals surface area contributed by atoms with Crippen molar-refractivity contribution in [1.29, 1.82) is 0 Å². The number of aromatic nitrogens is 2. The monoisotopic (exact) mass is 596 g/mol. The third kappa shape index (κ3) is 9.74. The molecule has 2 rings (SSSR count). The molecule has 148 valence electrons. The molecule has 1 aliphatic rings. The van der Waals surface area contributed by atoms with Crippen molar-refractivity contribution in [2.24, 2.45) is 0 Å². The number of aliphatic hydroxyl groups excluding tert-OH is 2. The fourth-order valence-corrected chi connectivity index (χ4v) is 3.98. The smallest absolute Gasteiger partial charge is 0.858 e. The summed E-state index contributed by atoms with van der Waals surface area (Å²) in [7, 11) is -11.1. The van der Waals surface area contributed by atoms with E-state index in [0.717, 1.165) is 10.8 Å². The number of phosphoric ester groups is 1. The van der Waals surface area contributed by atoms with E-state index in [-0.39, 0.29) is 92.2 Å². The number of aliphatic hydroxyl groups is 2. The Balaban J connectivity index is 0. The van der Waals surface area contributed by atoms with Crippen LogP contribution in [0.1, 0.15) is 6.23 Å². The van der Waals surface area contributed by atoms with Crippen LogP contribution in [0, 0.1) is 3.57 Å². The van der Waals surface area contributed by atoms with Crippen LogP contribution in [0.3, 0.4) is 0 Å². The van der Waals surface area contributed by atoms with Gasteiger partial charge in [-0.15, -0.1) is 0 Å². The molecule has 2 heterocycles. The predicted octanol–water partition coefficient (Wildman–Crippen LogP) is -12.5. The number of ether oxygens (including phenoxy) is 1. The molecule has 0 aliphatic carbocycles. The molecule has 1 fully saturated rings. The Morgan fingerprint density at radius 3 is 2.31 bits per heavy atom. The van der Waals surface area contributed by atoms with Gasteiger partial charge in [0.1, 0.15) is 18.3 Å². The fraction of sp³-hybridized carbons (Fsp3) is 0.556. The first kappa shape index (κ1) is 33.7. The topological polar surface area (TPSA) is 227 Å². The first-order valence-corrected chi connectivity index (χ1v) is 10.5. The predicted molar refractivity (Wildman–Crippen MR) is 81.1 cm³/mol. The van der Waals surface area contributed by atoms with E-state index in [4.69, 9.17) is 9.63 Å². The van der Waals surface area contributed by atoms with E-state index in [0.29, 0.717) is 0 Å².